The van der Waals surface area contributed by atoms with Gasteiger partial charge >= 0.3 is 5.69 Å². The van der Waals surface area contributed by atoms with E-state index in [2.05, 4.69) is 32.5 Å². The Bertz CT molecular complexity index is 1560. The number of halogens is 1. The molecule has 0 fully saturated rings. The minimum Gasteiger partial charge on any atom is -0.494 e. The van der Waals surface area contributed by atoms with Gasteiger partial charge in [-0.15, -0.1) is 5.10 Å². The summed E-state index contributed by atoms with van der Waals surface area (Å²) in [7, 11) is 1.47. The molecule has 10 heteroatoms. The summed E-state index contributed by atoms with van der Waals surface area (Å²) in [5, 5.41) is 14.1. The monoisotopic (exact) mass is 499 g/mol. The molecule has 3 heterocycles. The van der Waals surface area contributed by atoms with Crippen LogP contribution in [0.1, 0.15) is 31.0 Å². The first kappa shape index (κ1) is 24.1. The fourth-order valence-electron chi connectivity index (χ4n) is 4.39. The van der Waals surface area contributed by atoms with Crippen LogP contribution < -0.4 is 10.4 Å². The van der Waals surface area contributed by atoms with Crippen LogP contribution in [0.5, 0.6) is 5.75 Å². The van der Waals surface area contributed by atoms with Crippen molar-refractivity contribution in [3.05, 3.63) is 94.7 Å². The number of nitrogens with zero attached hydrogens (tertiary/aromatic N) is 6. The Kier molecular flexibility index (Phi) is 6.89. The molecule has 0 saturated heterocycles. The quantitative estimate of drug-likeness (QED) is 0.322. The van der Waals surface area contributed by atoms with Gasteiger partial charge in [-0.1, -0.05) is 43.7 Å². The third-order valence-corrected chi connectivity index (χ3v) is 6.29. The molecule has 0 unspecified atom stereocenters. The van der Waals surface area contributed by atoms with E-state index in [-0.39, 0.29) is 11.4 Å². The molecule has 0 bridgehead atoms. The number of imidazole rings is 1. The zero-order valence-electron chi connectivity index (χ0n) is 20.6. The van der Waals surface area contributed by atoms with Gasteiger partial charge in [-0.2, -0.15) is 0 Å². The van der Waals surface area contributed by atoms with E-state index >= 15 is 0 Å². The van der Waals surface area contributed by atoms with Gasteiger partial charge in [-0.05, 0) is 58.2 Å². The number of aryl methyl sites for hydroxylation is 1. The average Bonchev–Trinajstić information content (AvgIpc) is 3.57. The lowest BCUT2D eigenvalue weighted by molar-refractivity contribution is 0.408. The summed E-state index contributed by atoms with van der Waals surface area (Å²) in [6.45, 7) is 2.46. The number of hydrogen-bond acceptors (Lipinski definition) is 6. The Morgan fingerprint density at radius 2 is 1.92 bits per heavy atom. The predicted molar refractivity (Wildman–Crippen MR) is 137 cm³/mol. The zero-order chi connectivity index (χ0) is 25.8. The van der Waals surface area contributed by atoms with Crippen LogP contribution in [-0.2, 0) is 13.0 Å². The van der Waals surface area contributed by atoms with Crippen LogP contribution in [0.25, 0.3) is 28.2 Å². The van der Waals surface area contributed by atoms with Gasteiger partial charge in [0.1, 0.15) is 11.4 Å². The van der Waals surface area contributed by atoms with Crippen LogP contribution in [0.15, 0.2) is 71.9 Å². The first-order valence-electron chi connectivity index (χ1n) is 12.0. The third kappa shape index (κ3) is 4.77. The second-order valence-corrected chi connectivity index (χ2v) is 8.62. The maximum atomic E-state index is 14.8. The Labute approximate surface area is 212 Å². The van der Waals surface area contributed by atoms with Crippen molar-refractivity contribution in [3.8, 4) is 34.0 Å². The van der Waals surface area contributed by atoms with Crippen molar-refractivity contribution in [1.29, 1.82) is 0 Å². The molecule has 0 radical (unpaired) electrons. The molecule has 9 nitrogen and oxygen atoms in total. The average molecular weight is 500 g/mol. The predicted octanol–water partition coefficient (Wildman–Crippen LogP) is 4.42. The Hall–Kier alpha value is -4.60. The number of aromatic amines is 1. The Balaban J connectivity index is 1.50. The summed E-state index contributed by atoms with van der Waals surface area (Å²) in [4.78, 5) is 17.7. The standard InChI is InChI=1S/C27H26FN7O2/c1-3-4-6-20-17-35(25-23(28)7-5-8-24(25)37-2)27(36)34(20)16-18-9-11-19(12-10-18)21-13-14-29-15-22(21)26-30-32-33-31-26/h5,7-15,17H,3-4,6,16H2,1-2H3,(H,30,31,32,33). The SMILES string of the molecule is CCCCc1cn(-c2c(F)cccc2OC)c(=O)n1Cc1ccc(-c2ccncc2-c2nnn[nH]2)cc1. The van der Waals surface area contributed by atoms with Gasteiger partial charge in [0.15, 0.2) is 11.6 Å². The number of ether oxygens (including phenoxy) is 1. The van der Waals surface area contributed by atoms with Crippen molar-refractivity contribution in [2.24, 2.45) is 0 Å². The van der Waals surface area contributed by atoms with Crippen molar-refractivity contribution in [2.75, 3.05) is 7.11 Å². The number of rotatable bonds is 9. The molecule has 0 spiro atoms. The summed E-state index contributed by atoms with van der Waals surface area (Å²) >= 11 is 0. The minimum atomic E-state index is -0.514. The topological polar surface area (TPSA) is 104 Å². The largest absolute Gasteiger partial charge is 0.494 e. The van der Waals surface area contributed by atoms with Crippen molar-refractivity contribution < 1.29 is 9.13 Å². The van der Waals surface area contributed by atoms with E-state index in [0.29, 0.717) is 24.5 Å². The molecule has 2 aromatic carbocycles. The van der Waals surface area contributed by atoms with Crippen molar-refractivity contribution >= 4 is 0 Å². The van der Waals surface area contributed by atoms with E-state index in [1.54, 1.807) is 35.3 Å². The van der Waals surface area contributed by atoms with E-state index in [1.807, 2.05) is 30.3 Å². The first-order valence-corrected chi connectivity index (χ1v) is 12.0. The van der Waals surface area contributed by atoms with Crippen LogP contribution >= 0.6 is 0 Å². The molecule has 0 aliphatic carbocycles. The number of para-hydroxylation sites is 1. The molecule has 188 valence electrons. The number of tetrazole rings is 1. The number of hydrogen-bond donors (Lipinski definition) is 1. The van der Waals surface area contributed by atoms with Gasteiger partial charge in [-0.25, -0.2) is 14.3 Å². The summed E-state index contributed by atoms with van der Waals surface area (Å²) in [5.41, 5.74) is 4.27. The minimum absolute atomic E-state index is 0.119. The number of aromatic nitrogens is 7. The number of nitrogens with one attached hydrogen (secondary N) is 1. The van der Waals surface area contributed by atoms with Gasteiger partial charge in [0.05, 0.1) is 13.7 Å². The van der Waals surface area contributed by atoms with Gasteiger partial charge in [-0.3, -0.25) is 14.1 Å². The maximum Gasteiger partial charge on any atom is 0.333 e. The molecule has 0 atom stereocenters. The van der Waals surface area contributed by atoms with E-state index in [9.17, 15) is 9.18 Å². The smallest absolute Gasteiger partial charge is 0.333 e. The molecule has 0 amide bonds. The van der Waals surface area contributed by atoms with Crippen molar-refractivity contribution in [1.82, 2.24) is 34.7 Å². The molecule has 5 rings (SSSR count). The summed E-state index contributed by atoms with van der Waals surface area (Å²) in [6.07, 6.45) is 7.76. The van der Waals surface area contributed by atoms with Crippen LogP contribution in [0.2, 0.25) is 0 Å². The van der Waals surface area contributed by atoms with E-state index < -0.39 is 5.82 Å². The number of unbranched alkanes of at least 4 members (excludes halogenated alkanes) is 1. The van der Waals surface area contributed by atoms with E-state index in [1.165, 1.54) is 17.7 Å². The molecule has 0 aliphatic rings. The summed E-state index contributed by atoms with van der Waals surface area (Å²) in [5.74, 6) is 0.324. The molecule has 1 N–H and O–H groups in total. The Morgan fingerprint density at radius 3 is 2.65 bits per heavy atom. The molecular formula is C27H26FN7O2. The summed E-state index contributed by atoms with van der Waals surface area (Å²) < 4.78 is 23.2. The highest BCUT2D eigenvalue weighted by molar-refractivity contribution is 5.79. The lowest BCUT2D eigenvalue weighted by Gasteiger charge is -2.10. The van der Waals surface area contributed by atoms with E-state index in [4.69, 9.17) is 4.74 Å². The fraction of sp³-hybridized carbons (Fsp3) is 0.222. The van der Waals surface area contributed by atoms with Crippen molar-refractivity contribution in [2.45, 2.75) is 32.7 Å². The van der Waals surface area contributed by atoms with Gasteiger partial charge in [0.2, 0.25) is 0 Å². The molecule has 0 saturated carbocycles. The molecule has 37 heavy (non-hydrogen) atoms. The van der Waals surface area contributed by atoms with Crippen LogP contribution in [-0.4, -0.2) is 41.9 Å². The second kappa shape index (κ2) is 10.6. The van der Waals surface area contributed by atoms with E-state index in [0.717, 1.165) is 40.8 Å². The molecule has 5 aromatic rings. The van der Waals surface area contributed by atoms with Crippen LogP contribution in [0.4, 0.5) is 4.39 Å². The van der Waals surface area contributed by atoms with Crippen LogP contribution in [0, 0.1) is 5.82 Å². The Morgan fingerprint density at radius 1 is 1.08 bits per heavy atom. The van der Waals surface area contributed by atoms with Crippen LogP contribution in [0.3, 0.4) is 0 Å². The van der Waals surface area contributed by atoms with Gasteiger partial charge in [0.25, 0.3) is 0 Å². The first-order chi connectivity index (χ1) is 18.1. The normalized spacial score (nSPS) is 11.1. The second-order valence-electron chi connectivity index (χ2n) is 8.62. The van der Waals surface area contributed by atoms with Crippen molar-refractivity contribution in [3.63, 3.8) is 0 Å². The third-order valence-electron chi connectivity index (χ3n) is 6.29. The van der Waals surface area contributed by atoms with Gasteiger partial charge < -0.3 is 4.74 Å². The molecular weight excluding hydrogens is 473 g/mol. The maximum absolute atomic E-state index is 14.8. The number of pyridine rings is 1. The molecule has 3 aromatic heterocycles. The highest BCUT2D eigenvalue weighted by Gasteiger charge is 2.19. The number of methoxy groups -OCH3 is 1. The van der Waals surface area contributed by atoms with Gasteiger partial charge in [0, 0.05) is 29.8 Å². The number of H-pyrrole nitrogens is 1. The molecule has 0 aliphatic heterocycles. The summed E-state index contributed by atoms with van der Waals surface area (Å²) in [6, 6.07) is 14.4. The number of benzene rings is 2. The highest BCUT2D eigenvalue weighted by Crippen LogP contribution is 2.29. The fourth-order valence-corrected chi connectivity index (χ4v) is 4.39. The highest BCUT2D eigenvalue weighted by atomic mass is 19.1. The zero-order valence-corrected chi connectivity index (χ0v) is 20.6. The lowest BCUT2D eigenvalue weighted by atomic mass is 10.00. The lowest BCUT2D eigenvalue weighted by Crippen LogP contribution is -2.25.